The predicted octanol–water partition coefficient (Wildman–Crippen LogP) is 4.19. The molecular formula is C16H30F2O3. The van der Waals surface area contributed by atoms with Crippen LogP contribution in [0.15, 0.2) is 0 Å². The maximum absolute atomic E-state index is 14.0. The SMILES string of the molecule is CCCCCO[C@H]1[C@H](F)[C@H](F)O[C@@H](C)[C@H]1OCCCCC. The third-order valence-electron chi connectivity index (χ3n) is 3.81. The van der Waals surface area contributed by atoms with Crippen LogP contribution >= 0.6 is 0 Å². The first-order valence-electron chi connectivity index (χ1n) is 8.28. The molecule has 126 valence electrons. The van der Waals surface area contributed by atoms with Crippen LogP contribution in [0.1, 0.15) is 59.3 Å². The van der Waals surface area contributed by atoms with E-state index < -0.39 is 30.8 Å². The van der Waals surface area contributed by atoms with E-state index in [1.54, 1.807) is 6.92 Å². The Bertz CT molecular complexity index is 266. The van der Waals surface area contributed by atoms with Gasteiger partial charge >= 0.3 is 0 Å². The normalized spacial score (nSPS) is 33.3. The molecule has 0 unspecified atom stereocenters. The molecule has 0 spiro atoms. The Morgan fingerprint density at radius 2 is 1.38 bits per heavy atom. The third kappa shape index (κ3) is 6.17. The van der Waals surface area contributed by atoms with Crippen molar-refractivity contribution >= 4 is 0 Å². The molecule has 0 radical (unpaired) electrons. The lowest BCUT2D eigenvalue weighted by molar-refractivity contribution is -0.257. The first-order chi connectivity index (χ1) is 10.1. The van der Waals surface area contributed by atoms with Crippen molar-refractivity contribution < 1.29 is 23.0 Å². The Morgan fingerprint density at radius 1 is 0.857 bits per heavy atom. The zero-order chi connectivity index (χ0) is 15.7. The van der Waals surface area contributed by atoms with Gasteiger partial charge in [0, 0.05) is 13.2 Å². The quantitative estimate of drug-likeness (QED) is 0.566. The molecule has 0 aliphatic carbocycles. The summed E-state index contributed by atoms with van der Waals surface area (Å²) in [5.41, 5.74) is 0. The monoisotopic (exact) mass is 308 g/mol. The Balaban J connectivity index is 2.50. The molecule has 3 nitrogen and oxygen atoms in total. The van der Waals surface area contributed by atoms with E-state index in [1.807, 2.05) is 0 Å². The van der Waals surface area contributed by atoms with E-state index in [4.69, 9.17) is 14.2 Å². The molecule has 0 saturated carbocycles. The lowest BCUT2D eigenvalue weighted by Gasteiger charge is -2.39. The van der Waals surface area contributed by atoms with Crippen molar-refractivity contribution in [3.63, 3.8) is 0 Å². The highest BCUT2D eigenvalue weighted by molar-refractivity contribution is 4.89. The minimum atomic E-state index is -1.92. The summed E-state index contributed by atoms with van der Waals surface area (Å²) in [5, 5.41) is 0. The molecule has 1 rings (SSSR count). The summed E-state index contributed by atoms with van der Waals surface area (Å²) < 4.78 is 43.9. The summed E-state index contributed by atoms with van der Waals surface area (Å²) >= 11 is 0. The second-order valence-corrected chi connectivity index (χ2v) is 5.72. The van der Waals surface area contributed by atoms with Crippen molar-refractivity contribution in [2.45, 2.75) is 90.1 Å². The molecule has 1 aliphatic heterocycles. The van der Waals surface area contributed by atoms with Gasteiger partial charge in [-0.05, 0) is 19.8 Å². The average Bonchev–Trinajstić information content (AvgIpc) is 2.46. The standard InChI is InChI=1S/C16H30F2O3/c1-4-6-8-10-19-14-12(3)21-16(18)13(17)15(14)20-11-9-7-5-2/h12-16H,4-11H2,1-3H3/t12-,13-,14+,15-,16+/m0/s1. The van der Waals surface area contributed by atoms with E-state index in [0.29, 0.717) is 13.2 Å². The zero-order valence-corrected chi connectivity index (χ0v) is 13.5. The van der Waals surface area contributed by atoms with Gasteiger partial charge in [-0.15, -0.1) is 0 Å². The maximum atomic E-state index is 14.0. The molecule has 1 saturated heterocycles. The summed E-state index contributed by atoms with van der Waals surface area (Å²) in [7, 11) is 0. The highest BCUT2D eigenvalue weighted by Crippen LogP contribution is 2.29. The smallest absolute Gasteiger partial charge is 0.233 e. The van der Waals surface area contributed by atoms with Gasteiger partial charge in [0.1, 0.15) is 12.2 Å². The molecule has 5 atom stereocenters. The molecule has 1 heterocycles. The molecule has 0 aromatic rings. The fourth-order valence-corrected chi connectivity index (χ4v) is 2.52. The molecule has 0 bridgehead atoms. The molecule has 0 N–H and O–H groups in total. The summed E-state index contributed by atoms with van der Waals surface area (Å²) in [5.74, 6) is 0. The number of alkyl halides is 2. The predicted molar refractivity (Wildman–Crippen MR) is 78.9 cm³/mol. The van der Waals surface area contributed by atoms with Crippen molar-refractivity contribution in [3.8, 4) is 0 Å². The van der Waals surface area contributed by atoms with E-state index in [2.05, 4.69) is 13.8 Å². The minimum Gasteiger partial charge on any atom is -0.373 e. The maximum Gasteiger partial charge on any atom is 0.233 e. The van der Waals surface area contributed by atoms with E-state index in [-0.39, 0.29) is 0 Å². The summed E-state index contributed by atoms with van der Waals surface area (Å²) in [6.07, 6.45) is 0.409. The van der Waals surface area contributed by atoms with Gasteiger partial charge < -0.3 is 14.2 Å². The van der Waals surface area contributed by atoms with Gasteiger partial charge in [-0.2, -0.15) is 0 Å². The molecular weight excluding hydrogens is 278 g/mol. The molecule has 0 aromatic carbocycles. The average molecular weight is 308 g/mol. The Kier molecular flexibility index (Phi) is 9.36. The van der Waals surface area contributed by atoms with Crippen molar-refractivity contribution in [3.05, 3.63) is 0 Å². The Labute approximate surface area is 127 Å². The van der Waals surface area contributed by atoms with Crippen LogP contribution in [0.3, 0.4) is 0 Å². The molecule has 5 heteroatoms. The number of unbranched alkanes of at least 4 members (excludes halogenated alkanes) is 4. The van der Waals surface area contributed by atoms with Crippen LogP contribution in [0.2, 0.25) is 0 Å². The second-order valence-electron chi connectivity index (χ2n) is 5.72. The van der Waals surface area contributed by atoms with E-state index in [1.165, 1.54) is 0 Å². The lowest BCUT2D eigenvalue weighted by Crippen LogP contribution is -2.56. The molecule has 1 fully saturated rings. The largest absolute Gasteiger partial charge is 0.373 e. The van der Waals surface area contributed by atoms with Crippen molar-refractivity contribution in [1.29, 1.82) is 0 Å². The first-order valence-corrected chi connectivity index (χ1v) is 8.28. The van der Waals surface area contributed by atoms with Gasteiger partial charge in [0.2, 0.25) is 6.36 Å². The topological polar surface area (TPSA) is 27.7 Å². The van der Waals surface area contributed by atoms with Crippen LogP contribution in [-0.4, -0.2) is 44.1 Å². The molecule has 0 aromatic heterocycles. The van der Waals surface area contributed by atoms with E-state index >= 15 is 0 Å². The van der Waals surface area contributed by atoms with Crippen molar-refractivity contribution in [1.82, 2.24) is 0 Å². The summed E-state index contributed by atoms with van der Waals surface area (Å²) in [4.78, 5) is 0. The van der Waals surface area contributed by atoms with Crippen LogP contribution in [0.4, 0.5) is 8.78 Å². The Morgan fingerprint density at radius 3 is 1.90 bits per heavy atom. The fourth-order valence-electron chi connectivity index (χ4n) is 2.52. The number of hydrogen-bond acceptors (Lipinski definition) is 3. The fraction of sp³-hybridized carbons (Fsp3) is 1.00. The molecule has 1 aliphatic rings. The van der Waals surface area contributed by atoms with Crippen LogP contribution < -0.4 is 0 Å². The van der Waals surface area contributed by atoms with Gasteiger partial charge in [-0.3, -0.25) is 0 Å². The highest BCUT2D eigenvalue weighted by Gasteiger charge is 2.46. The van der Waals surface area contributed by atoms with Gasteiger partial charge in [0.15, 0.2) is 6.17 Å². The number of rotatable bonds is 10. The van der Waals surface area contributed by atoms with Gasteiger partial charge in [-0.1, -0.05) is 39.5 Å². The van der Waals surface area contributed by atoms with Gasteiger partial charge in [0.25, 0.3) is 0 Å². The summed E-state index contributed by atoms with van der Waals surface area (Å²) in [6, 6.07) is 0. The van der Waals surface area contributed by atoms with Gasteiger partial charge in [0.05, 0.1) is 6.10 Å². The van der Waals surface area contributed by atoms with Crippen LogP contribution in [0.5, 0.6) is 0 Å². The number of halogens is 2. The number of ether oxygens (including phenoxy) is 3. The number of hydrogen-bond donors (Lipinski definition) is 0. The second kappa shape index (κ2) is 10.5. The first kappa shape index (κ1) is 18.8. The summed E-state index contributed by atoms with van der Waals surface area (Å²) in [6.45, 7) is 6.88. The van der Waals surface area contributed by atoms with Gasteiger partial charge in [-0.25, -0.2) is 8.78 Å². The highest BCUT2D eigenvalue weighted by atomic mass is 19.2. The Hall–Kier alpha value is -0.260. The van der Waals surface area contributed by atoms with Crippen molar-refractivity contribution in [2.24, 2.45) is 0 Å². The van der Waals surface area contributed by atoms with E-state index in [9.17, 15) is 8.78 Å². The molecule has 21 heavy (non-hydrogen) atoms. The van der Waals surface area contributed by atoms with Crippen molar-refractivity contribution in [2.75, 3.05) is 13.2 Å². The van der Waals surface area contributed by atoms with Crippen LogP contribution in [0, 0.1) is 0 Å². The van der Waals surface area contributed by atoms with E-state index in [0.717, 1.165) is 38.5 Å². The van der Waals surface area contributed by atoms with Crippen LogP contribution in [0.25, 0.3) is 0 Å². The minimum absolute atomic E-state index is 0.438. The third-order valence-corrected chi connectivity index (χ3v) is 3.81. The molecule has 0 amide bonds. The zero-order valence-electron chi connectivity index (χ0n) is 13.5. The lowest BCUT2D eigenvalue weighted by atomic mass is 10.0. The van der Waals surface area contributed by atoms with Crippen LogP contribution in [-0.2, 0) is 14.2 Å².